The van der Waals surface area contributed by atoms with Gasteiger partial charge in [0.1, 0.15) is 12.6 Å². The van der Waals surface area contributed by atoms with Crippen molar-refractivity contribution in [3.8, 4) is 16.6 Å². The van der Waals surface area contributed by atoms with Crippen LogP contribution >= 0.6 is 11.3 Å². The summed E-state index contributed by atoms with van der Waals surface area (Å²) >= 11 is 1.63. The number of aromatic nitrogens is 3. The van der Waals surface area contributed by atoms with E-state index in [1.54, 1.807) is 23.9 Å². The monoisotopic (exact) mass is 342 g/mol. The second-order valence-corrected chi connectivity index (χ2v) is 6.57. The van der Waals surface area contributed by atoms with Gasteiger partial charge in [0.15, 0.2) is 0 Å². The maximum Gasteiger partial charge on any atom is 0.236 e. The summed E-state index contributed by atoms with van der Waals surface area (Å²) in [5.74, 6) is 1.39. The van der Waals surface area contributed by atoms with Gasteiger partial charge in [0, 0.05) is 31.6 Å². The smallest absolute Gasteiger partial charge is 0.236 e. The van der Waals surface area contributed by atoms with Gasteiger partial charge in [-0.15, -0.1) is 11.3 Å². The highest BCUT2D eigenvalue weighted by molar-refractivity contribution is 7.13. The van der Waals surface area contributed by atoms with Crippen LogP contribution in [0, 0.1) is 0 Å². The summed E-state index contributed by atoms with van der Waals surface area (Å²) < 4.78 is 11.3. The molecule has 0 aromatic carbocycles. The standard InChI is InChI=1S/C17H18N4O2S/c1-2-22-16-13-9-21(6-5-14(13)18-11-19-16)8-12-10-23-17(20-12)15-4-3-7-24-15/h3-4,7,10-11H,2,5-6,8-9H2,1H3. The molecule has 0 saturated carbocycles. The third-order valence-corrected chi connectivity index (χ3v) is 4.85. The number of oxazole rings is 1. The lowest BCUT2D eigenvalue weighted by Crippen LogP contribution is -2.31. The summed E-state index contributed by atoms with van der Waals surface area (Å²) in [7, 11) is 0. The van der Waals surface area contributed by atoms with E-state index < -0.39 is 0 Å². The minimum absolute atomic E-state index is 0.608. The number of hydrogen-bond donors (Lipinski definition) is 0. The van der Waals surface area contributed by atoms with Gasteiger partial charge in [-0.1, -0.05) is 6.07 Å². The van der Waals surface area contributed by atoms with Crippen LogP contribution in [0.3, 0.4) is 0 Å². The van der Waals surface area contributed by atoms with E-state index in [1.807, 2.05) is 24.4 Å². The van der Waals surface area contributed by atoms with E-state index in [1.165, 1.54) is 0 Å². The maximum atomic E-state index is 5.65. The Balaban J connectivity index is 1.49. The summed E-state index contributed by atoms with van der Waals surface area (Å²) in [6.45, 7) is 5.03. The van der Waals surface area contributed by atoms with E-state index in [0.29, 0.717) is 18.4 Å². The summed E-state index contributed by atoms with van der Waals surface area (Å²) in [6.07, 6.45) is 4.23. The average Bonchev–Trinajstić information content (AvgIpc) is 3.27. The first-order valence-corrected chi connectivity index (χ1v) is 8.87. The molecule has 0 amide bonds. The molecule has 0 spiro atoms. The van der Waals surface area contributed by atoms with Gasteiger partial charge < -0.3 is 9.15 Å². The maximum absolute atomic E-state index is 5.65. The van der Waals surface area contributed by atoms with Crippen molar-refractivity contribution in [2.75, 3.05) is 13.2 Å². The fourth-order valence-electron chi connectivity index (χ4n) is 2.89. The molecule has 7 heteroatoms. The lowest BCUT2D eigenvalue weighted by atomic mass is 10.1. The van der Waals surface area contributed by atoms with Crippen molar-refractivity contribution >= 4 is 11.3 Å². The predicted molar refractivity (Wildman–Crippen MR) is 90.8 cm³/mol. The number of hydrogen-bond acceptors (Lipinski definition) is 7. The Labute approximate surface area is 144 Å². The van der Waals surface area contributed by atoms with Crippen molar-refractivity contribution in [3.63, 3.8) is 0 Å². The van der Waals surface area contributed by atoms with Gasteiger partial charge in [-0.25, -0.2) is 15.0 Å². The summed E-state index contributed by atoms with van der Waals surface area (Å²) in [4.78, 5) is 16.6. The molecule has 4 heterocycles. The normalized spacial score (nSPS) is 14.5. The average molecular weight is 342 g/mol. The lowest BCUT2D eigenvalue weighted by molar-refractivity contribution is 0.229. The fraction of sp³-hybridized carbons (Fsp3) is 0.353. The molecule has 3 aromatic heterocycles. The quantitative estimate of drug-likeness (QED) is 0.710. The molecule has 124 valence electrons. The van der Waals surface area contributed by atoms with Gasteiger partial charge in [-0.3, -0.25) is 4.90 Å². The molecule has 0 saturated heterocycles. The number of nitrogens with zero attached hydrogens (tertiary/aromatic N) is 4. The van der Waals surface area contributed by atoms with E-state index in [4.69, 9.17) is 9.15 Å². The SMILES string of the molecule is CCOc1ncnc2c1CN(Cc1coc(-c3cccs3)n1)CC2. The van der Waals surface area contributed by atoms with E-state index in [0.717, 1.165) is 47.9 Å². The number of rotatable bonds is 5. The molecule has 24 heavy (non-hydrogen) atoms. The molecular weight excluding hydrogens is 324 g/mol. The van der Waals surface area contributed by atoms with Crippen molar-refractivity contribution in [1.82, 2.24) is 19.9 Å². The molecule has 0 bridgehead atoms. The minimum Gasteiger partial charge on any atom is -0.478 e. The van der Waals surface area contributed by atoms with E-state index in [9.17, 15) is 0 Å². The first-order valence-electron chi connectivity index (χ1n) is 7.99. The zero-order valence-corrected chi connectivity index (χ0v) is 14.3. The molecular formula is C17H18N4O2S. The van der Waals surface area contributed by atoms with Gasteiger partial charge in [0.2, 0.25) is 11.8 Å². The van der Waals surface area contributed by atoms with E-state index >= 15 is 0 Å². The summed E-state index contributed by atoms with van der Waals surface area (Å²) in [5.41, 5.74) is 3.12. The van der Waals surface area contributed by atoms with Gasteiger partial charge >= 0.3 is 0 Å². The van der Waals surface area contributed by atoms with Crippen LogP contribution in [0.4, 0.5) is 0 Å². The highest BCUT2D eigenvalue weighted by Crippen LogP contribution is 2.27. The zero-order chi connectivity index (χ0) is 16.4. The third kappa shape index (κ3) is 3.05. The molecule has 6 nitrogen and oxygen atoms in total. The van der Waals surface area contributed by atoms with Crippen LogP contribution in [0.1, 0.15) is 23.9 Å². The van der Waals surface area contributed by atoms with Gasteiger partial charge in [0.25, 0.3) is 0 Å². The fourth-order valence-corrected chi connectivity index (χ4v) is 3.54. The molecule has 0 unspecified atom stereocenters. The molecule has 4 rings (SSSR count). The predicted octanol–water partition coefficient (Wildman–Crippen LogP) is 3.15. The first-order chi connectivity index (χ1) is 11.8. The lowest BCUT2D eigenvalue weighted by Gasteiger charge is -2.27. The molecule has 0 N–H and O–H groups in total. The minimum atomic E-state index is 0.608. The Kier molecular flexibility index (Phi) is 4.27. The third-order valence-electron chi connectivity index (χ3n) is 3.99. The summed E-state index contributed by atoms with van der Waals surface area (Å²) in [5, 5.41) is 2.02. The van der Waals surface area contributed by atoms with Crippen molar-refractivity contribution in [1.29, 1.82) is 0 Å². The Hall–Kier alpha value is -2.25. The highest BCUT2D eigenvalue weighted by atomic mass is 32.1. The second-order valence-electron chi connectivity index (χ2n) is 5.62. The van der Waals surface area contributed by atoms with Crippen molar-refractivity contribution in [2.24, 2.45) is 0 Å². The van der Waals surface area contributed by atoms with E-state index in [-0.39, 0.29) is 0 Å². The molecule has 0 atom stereocenters. The van der Waals surface area contributed by atoms with Crippen LogP contribution in [0.15, 0.2) is 34.5 Å². The topological polar surface area (TPSA) is 64.3 Å². The Morgan fingerprint density at radius 2 is 2.33 bits per heavy atom. The second kappa shape index (κ2) is 6.70. The molecule has 1 aliphatic rings. The number of fused-ring (bicyclic) bond motifs is 1. The summed E-state index contributed by atoms with van der Waals surface area (Å²) in [6, 6.07) is 4.02. The van der Waals surface area contributed by atoms with Crippen molar-refractivity contribution in [3.05, 3.63) is 47.1 Å². The number of ether oxygens (including phenoxy) is 1. The largest absolute Gasteiger partial charge is 0.478 e. The molecule has 1 aliphatic heterocycles. The molecule has 0 aliphatic carbocycles. The van der Waals surface area contributed by atoms with Gasteiger partial charge in [0.05, 0.1) is 22.9 Å². The van der Waals surface area contributed by atoms with Crippen LogP contribution < -0.4 is 4.74 Å². The Bertz CT molecular complexity index is 816. The molecule has 0 radical (unpaired) electrons. The van der Waals surface area contributed by atoms with Crippen LogP contribution in [0.5, 0.6) is 5.88 Å². The Morgan fingerprint density at radius 1 is 1.38 bits per heavy atom. The number of thiophene rings is 1. The highest BCUT2D eigenvalue weighted by Gasteiger charge is 2.22. The first kappa shape index (κ1) is 15.3. The van der Waals surface area contributed by atoms with Crippen LogP contribution in [-0.2, 0) is 19.5 Å². The van der Waals surface area contributed by atoms with Crippen molar-refractivity contribution < 1.29 is 9.15 Å². The van der Waals surface area contributed by atoms with Crippen LogP contribution in [0.2, 0.25) is 0 Å². The Morgan fingerprint density at radius 3 is 3.17 bits per heavy atom. The van der Waals surface area contributed by atoms with Crippen LogP contribution in [0.25, 0.3) is 10.8 Å². The van der Waals surface area contributed by atoms with Gasteiger partial charge in [-0.05, 0) is 18.4 Å². The van der Waals surface area contributed by atoms with Crippen molar-refractivity contribution in [2.45, 2.75) is 26.4 Å². The zero-order valence-electron chi connectivity index (χ0n) is 13.4. The van der Waals surface area contributed by atoms with Crippen LogP contribution in [-0.4, -0.2) is 33.0 Å². The molecule has 0 fully saturated rings. The molecule has 3 aromatic rings. The van der Waals surface area contributed by atoms with Gasteiger partial charge in [-0.2, -0.15) is 0 Å². The van der Waals surface area contributed by atoms with E-state index in [2.05, 4.69) is 19.9 Å².